The number of nitrogens with one attached hydrogen (secondary N) is 2. The van der Waals surface area contributed by atoms with Crippen LogP contribution in [0.2, 0.25) is 0 Å². The molecule has 27 heavy (non-hydrogen) atoms. The van der Waals surface area contributed by atoms with Gasteiger partial charge >= 0.3 is 0 Å². The van der Waals surface area contributed by atoms with Crippen molar-refractivity contribution in [3.8, 4) is 11.3 Å². The minimum Gasteiger partial charge on any atom is -0.391 e. The predicted molar refractivity (Wildman–Crippen MR) is 101 cm³/mol. The largest absolute Gasteiger partial charge is 0.391 e. The van der Waals surface area contributed by atoms with Crippen molar-refractivity contribution < 1.29 is 9.90 Å². The molecule has 3 N–H and O–H groups in total. The van der Waals surface area contributed by atoms with Crippen LogP contribution < -0.4 is 5.32 Å². The molecule has 2 aromatic heterocycles. The number of aromatic nitrogens is 3. The highest BCUT2D eigenvalue weighted by Gasteiger charge is 2.53. The van der Waals surface area contributed by atoms with Gasteiger partial charge in [0.05, 0.1) is 11.8 Å². The van der Waals surface area contributed by atoms with Crippen molar-refractivity contribution in [2.75, 3.05) is 6.54 Å². The van der Waals surface area contributed by atoms with Gasteiger partial charge in [0.15, 0.2) is 0 Å². The second-order valence-electron chi connectivity index (χ2n) is 8.91. The van der Waals surface area contributed by atoms with Gasteiger partial charge in [-0.25, -0.2) is 0 Å². The zero-order valence-corrected chi connectivity index (χ0v) is 15.4. The summed E-state index contributed by atoms with van der Waals surface area (Å²) in [5.41, 5.74) is 2.07. The number of pyridine rings is 1. The molecule has 6 rings (SSSR count). The molecule has 4 saturated carbocycles. The molecule has 0 radical (unpaired) electrons. The molecule has 2 heterocycles. The fraction of sp³-hybridized carbons (Fsp3) is 0.571. The zero-order valence-electron chi connectivity index (χ0n) is 15.4. The Balaban J connectivity index is 1.23. The number of amides is 1. The summed E-state index contributed by atoms with van der Waals surface area (Å²) in [5, 5.41) is 20.9. The van der Waals surface area contributed by atoms with Gasteiger partial charge in [-0.3, -0.25) is 14.9 Å². The first-order chi connectivity index (χ1) is 13.1. The molecule has 0 aliphatic heterocycles. The average Bonchev–Trinajstić information content (AvgIpc) is 3.16. The fourth-order valence-corrected chi connectivity index (χ4v) is 6.20. The molecule has 2 aromatic rings. The van der Waals surface area contributed by atoms with Crippen molar-refractivity contribution in [1.82, 2.24) is 20.5 Å². The summed E-state index contributed by atoms with van der Waals surface area (Å²) in [6.45, 7) is 0.314. The molecule has 1 amide bonds. The zero-order chi connectivity index (χ0) is 18.4. The summed E-state index contributed by atoms with van der Waals surface area (Å²) in [5.74, 6) is 2.15. The molecule has 0 unspecified atom stereocenters. The number of carbonyl (C=O) groups is 1. The maximum absolute atomic E-state index is 12.5. The molecule has 4 aliphatic rings. The highest BCUT2D eigenvalue weighted by molar-refractivity contribution is 5.93. The van der Waals surface area contributed by atoms with E-state index in [1.165, 1.54) is 19.3 Å². The molecule has 6 heteroatoms. The number of hydrogen-bond donors (Lipinski definition) is 3. The lowest BCUT2D eigenvalue weighted by Gasteiger charge is -2.58. The quantitative estimate of drug-likeness (QED) is 0.759. The van der Waals surface area contributed by atoms with Crippen LogP contribution in [0.4, 0.5) is 0 Å². The number of rotatable bonds is 5. The SMILES string of the molecule is O=C(NC[C@H](O)C12CC3CC(CC(C3)C1)C2)c1cc(-c2ccncc2)n[nH]1. The van der Waals surface area contributed by atoms with Gasteiger partial charge in [-0.1, -0.05) is 0 Å². The van der Waals surface area contributed by atoms with Gasteiger partial charge in [0.2, 0.25) is 0 Å². The summed E-state index contributed by atoms with van der Waals surface area (Å²) in [7, 11) is 0. The molecule has 0 aromatic carbocycles. The van der Waals surface area contributed by atoms with Crippen LogP contribution in [-0.2, 0) is 0 Å². The lowest BCUT2D eigenvalue weighted by atomic mass is 9.48. The van der Waals surface area contributed by atoms with Crippen LogP contribution in [0.5, 0.6) is 0 Å². The van der Waals surface area contributed by atoms with E-state index in [2.05, 4.69) is 20.5 Å². The number of aliphatic hydroxyl groups is 1. The van der Waals surface area contributed by atoms with Gasteiger partial charge in [0, 0.05) is 24.5 Å². The van der Waals surface area contributed by atoms with Crippen molar-refractivity contribution in [3.05, 3.63) is 36.3 Å². The van der Waals surface area contributed by atoms with Crippen LogP contribution in [-0.4, -0.2) is 38.8 Å². The molecular formula is C21H26N4O2. The topological polar surface area (TPSA) is 90.9 Å². The van der Waals surface area contributed by atoms with E-state index in [-0.39, 0.29) is 11.3 Å². The van der Waals surface area contributed by atoms with Gasteiger partial charge in [0.1, 0.15) is 5.69 Å². The van der Waals surface area contributed by atoms with Crippen LogP contribution in [0.3, 0.4) is 0 Å². The van der Waals surface area contributed by atoms with E-state index in [9.17, 15) is 9.90 Å². The molecule has 142 valence electrons. The van der Waals surface area contributed by atoms with Crippen LogP contribution in [0.15, 0.2) is 30.6 Å². The van der Waals surface area contributed by atoms with Crippen molar-refractivity contribution in [1.29, 1.82) is 0 Å². The van der Waals surface area contributed by atoms with E-state index < -0.39 is 6.10 Å². The highest BCUT2D eigenvalue weighted by Crippen LogP contribution is 2.61. The van der Waals surface area contributed by atoms with Gasteiger partial charge in [-0.2, -0.15) is 5.10 Å². The van der Waals surface area contributed by atoms with E-state index in [4.69, 9.17) is 0 Å². The van der Waals surface area contributed by atoms with Gasteiger partial charge in [-0.05, 0) is 79.9 Å². The number of carbonyl (C=O) groups excluding carboxylic acids is 1. The van der Waals surface area contributed by atoms with E-state index in [1.54, 1.807) is 18.5 Å². The summed E-state index contributed by atoms with van der Waals surface area (Å²) in [6, 6.07) is 5.45. The minimum absolute atomic E-state index is 0.0260. The molecule has 4 aliphatic carbocycles. The normalized spacial score (nSPS) is 32.4. The smallest absolute Gasteiger partial charge is 0.269 e. The Kier molecular flexibility index (Phi) is 4.04. The first kappa shape index (κ1) is 16.9. The third-order valence-corrected chi connectivity index (χ3v) is 7.05. The standard InChI is InChI=1S/C21H26N4O2/c26-19(21-9-13-5-14(10-21)7-15(6-13)11-21)12-23-20(27)18-8-17(24-25-18)16-1-3-22-4-2-16/h1-4,8,13-15,19,26H,5-7,9-12H2,(H,23,27)(H,24,25)/t13?,14?,15?,19-,21?/m0/s1. The molecular weight excluding hydrogens is 340 g/mol. The van der Waals surface area contributed by atoms with Crippen LogP contribution in [0.1, 0.15) is 49.0 Å². The monoisotopic (exact) mass is 366 g/mol. The maximum Gasteiger partial charge on any atom is 0.269 e. The lowest BCUT2D eigenvalue weighted by Crippen LogP contribution is -2.54. The number of aromatic amines is 1. The second kappa shape index (κ2) is 6.44. The van der Waals surface area contributed by atoms with Crippen LogP contribution >= 0.6 is 0 Å². The van der Waals surface area contributed by atoms with Gasteiger partial charge < -0.3 is 10.4 Å². The molecule has 4 bridgehead atoms. The summed E-state index contributed by atoms with van der Waals surface area (Å²) < 4.78 is 0. The number of hydrogen-bond acceptors (Lipinski definition) is 4. The molecule has 0 spiro atoms. The Hall–Kier alpha value is -2.21. The lowest BCUT2D eigenvalue weighted by molar-refractivity contribution is -0.118. The number of aliphatic hydroxyl groups excluding tert-OH is 1. The number of H-pyrrole nitrogens is 1. The first-order valence-corrected chi connectivity index (χ1v) is 10.0. The summed E-state index contributed by atoms with van der Waals surface area (Å²) >= 11 is 0. The van der Waals surface area contributed by atoms with E-state index >= 15 is 0 Å². The van der Waals surface area contributed by atoms with Crippen molar-refractivity contribution >= 4 is 5.91 Å². The fourth-order valence-electron chi connectivity index (χ4n) is 6.20. The van der Waals surface area contributed by atoms with E-state index in [0.29, 0.717) is 17.9 Å². The van der Waals surface area contributed by atoms with Gasteiger partial charge in [-0.15, -0.1) is 0 Å². The van der Waals surface area contributed by atoms with Crippen molar-refractivity contribution in [2.24, 2.45) is 23.2 Å². The summed E-state index contributed by atoms with van der Waals surface area (Å²) in [6.07, 6.45) is 10.4. The first-order valence-electron chi connectivity index (χ1n) is 10.0. The molecule has 6 nitrogen and oxygen atoms in total. The summed E-state index contributed by atoms with van der Waals surface area (Å²) in [4.78, 5) is 16.5. The predicted octanol–water partition coefficient (Wildman–Crippen LogP) is 2.78. The highest BCUT2D eigenvalue weighted by atomic mass is 16.3. The van der Waals surface area contributed by atoms with Crippen LogP contribution in [0, 0.1) is 23.2 Å². The molecule has 4 fully saturated rings. The average molecular weight is 366 g/mol. The Bertz CT molecular complexity index is 796. The number of nitrogens with zero attached hydrogens (tertiary/aromatic N) is 2. The minimum atomic E-state index is -0.461. The third kappa shape index (κ3) is 3.06. The molecule has 1 atom stereocenters. The third-order valence-electron chi connectivity index (χ3n) is 7.05. The Labute approximate surface area is 158 Å². The second-order valence-corrected chi connectivity index (χ2v) is 8.91. The van der Waals surface area contributed by atoms with E-state index in [0.717, 1.165) is 42.6 Å². The van der Waals surface area contributed by atoms with Crippen LogP contribution in [0.25, 0.3) is 11.3 Å². The Morgan fingerprint density at radius 2 is 1.81 bits per heavy atom. The van der Waals surface area contributed by atoms with Crippen molar-refractivity contribution in [3.63, 3.8) is 0 Å². The Morgan fingerprint density at radius 3 is 2.44 bits per heavy atom. The van der Waals surface area contributed by atoms with E-state index in [1.807, 2.05) is 12.1 Å². The maximum atomic E-state index is 12.5. The van der Waals surface area contributed by atoms with Gasteiger partial charge in [0.25, 0.3) is 5.91 Å². The molecule has 0 saturated heterocycles. The van der Waals surface area contributed by atoms with Crippen molar-refractivity contribution in [2.45, 2.75) is 44.6 Å². The Morgan fingerprint density at radius 1 is 1.19 bits per heavy atom.